The maximum absolute atomic E-state index is 13.0. The number of aryl methyl sites for hydroxylation is 2. The zero-order chi connectivity index (χ0) is 24.3. The van der Waals surface area contributed by atoms with Crippen LogP contribution in [0, 0.1) is 26.7 Å². The minimum absolute atomic E-state index is 0.0809. The molecule has 0 bridgehead atoms. The zero-order valence-corrected chi connectivity index (χ0v) is 21.0. The molecule has 0 radical (unpaired) electrons. The molecule has 0 unspecified atom stereocenters. The van der Waals surface area contributed by atoms with E-state index in [-0.39, 0.29) is 17.2 Å². The standard InChI is InChI=1S/C24H29ClN4O3S/c1-15(2)14-29-18(5)22(17(4)27-29)13-24(30)26-20-10-9-16(3)23(12-20)33(31,32)28-21-8-6-7-19(25)11-21/h6-12,15,28H,13-14H2,1-5H3,(H,26,30). The quantitative estimate of drug-likeness (QED) is 0.461. The first kappa shape index (κ1) is 24.8. The van der Waals surface area contributed by atoms with Gasteiger partial charge in [-0.1, -0.05) is 37.6 Å². The molecule has 176 valence electrons. The summed E-state index contributed by atoms with van der Waals surface area (Å²) in [6, 6.07) is 11.3. The molecule has 0 atom stereocenters. The van der Waals surface area contributed by atoms with Gasteiger partial charge in [0.05, 0.1) is 22.7 Å². The predicted octanol–water partition coefficient (Wildman–Crippen LogP) is 5.10. The van der Waals surface area contributed by atoms with Crippen molar-refractivity contribution < 1.29 is 13.2 Å². The van der Waals surface area contributed by atoms with Gasteiger partial charge in [0.1, 0.15) is 0 Å². The molecule has 0 aliphatic heterocycles. The summed E-state index contributed by atoms with van der Waals surface area (Å²) >= 11 is 5.96. The van der Waals surface area contributed by atoms with Crippen LogP contribution in [0.2, 0.25) is 5.02 Å². The summed E-state index contributed by atoms with van der Waals surface area (Å²) < 4.78 is 30.4. The topological polar surface area (TPSA) is 93.1 Å². The molecule has 1 heterocycles. The fourth-order valence-corrected chi connectivity index (χ4v) is 5.12. The number of nitrogens with zero attached hydrogens (tertiary/aromatic N) is 2. The Morgan fingerprint density at radius 1 is 1.09 bits per heavy atom. The molecule has 0 saturated carbocycles. The summed E-state index contributed by atoms with van der Waals surface area (Å²) in [5.74, 6) is 0.207. The van der Waals surface area contributed by atoms with E-state index in [1.54, 1.807) is 37.3 Å². The van der Waals surface area contributed by atoms with E-state index in [9.17, 15) is 13.2 Å². The summed E-state index contributed by atoms with van der Waals surface area (Å²) in [7, 11) is -3.87. The summed E-state index contributed by atoms with van der Waals surface area (Å²) in [6.45, 7) is 10.6. The fourth-order valence-electron chi connectivity index (χ4n) is 3.61. The van der Waals surface area contributed by atoms with Gasteiger partial charge in [-0.25, -0.2) is 8.42 Å². The molecular formula is C24H29ClN4O3S. The Morgan fingerprint density at radius 3 is 2.48 bits per heavy atom. The Labute approximate surface area is 200 Å². The molecule has 33 heavy (non-hydrogen) atoms. The molecule has 0 aliphatic carbocycles. The van der Waals surface area contributed by atoms with Gasteiger partial charge in [0.25, 0.3) is 10.0 Å². The number of amides is 1. The summed E-state index contributed by atoms with van der Waals surface area (Å²) in [5.41, 5.74) is 4.00. The number of carbonyl (C=O) groups is 1. The molecule has 7 nitrogen and oxygen atoms in total. The minimum Gasteiger partial charge on any atom is -0.326 e. The number of benzene rings is 2. The first-order valence-electron chi connectivity index (χ1n) is 10.7. The molecule has 0 saturated heterocycles. The van der Waals surface area contributed by atoms with Crippen molar-refractivity contribution in [2.24, 2.45) is 5.92 Å². The third-order valence-electron chi connectivity index (χ3n) is 5.25. The van der Waals surface area contributed by atoms with Crippen LogP contribution < -0.4 is 10.0 Å². The number of anilines is 2. The third-order valence-corrected chi connectivity index (χ3v) is 7.00. The highest BCUT2D eigenvalue weighted by Gasteiger charge is 2.20. The van der Waals surface area contributed by atoms with Gasteiger partial charge in [-0.05, 0) is 62.6 Å². The van der Waals surface area contributed by atoms with E-state index in [1.807, 2.05) is 18.5 Å². The summed E-state index contributed by atoms with van der Waals surface area (Å²) in [5, 5.41) is 7.80. The Hall–Kier alpha value is -2.84. The van der Waals surface area contributed by atoms with Crippen LogP contribution in [-0.2, 0) is 27.8 Å². The lowest BCUT2D eigenvalue weighted by molar-refractivity contribution is -0.115. The van der Waals surface area contributed by atoms with Crippen LogP contribution in [0.5, 0.6) is 0 Å². The Morgan fingerprint density at radius 2 is 1.82 bits per heavy atom. The molecule has 1 amide bonds. The normalized spacial score (nSPS) is 11.6. The molecule has 2 N–H and O–H groups in total. The van der Waals surface area contributed by atoms with Crippen molar-refractivity contribution in [3.63, 3.8) is 0 Å². The maximum Gasteiger partial charge on any atom is 0.262 e. The van der Waals surface area contributed by atoms with Crippen molar-refractivity contribution >= 4 is 38.9 Å². The second-order valence-corrected chi connectivity index (χ2v) is 10.6. The average Bonchev–Trinajstić information content (AvgIpc) is 2.95. The Balaban J connectivity index is 1.78. The lowest BCUT2D eigenvalue weighted by Crippen LogP contribution is -2.18. The van der Waals surface area contributed by atoms with Crippen LogP contribution >= 0.6 is 11.6 Å². The zero-order valence-electron chi connectivity index (χ0n) is 19.4. The van der Waals surface area contributed by atoms with E-state index in [0.717, 1.165) is 23.5 Å². The van der Waals surface area contributed by atoms with Crippen molar-refractivity contribution in [1.29, 1.82) is 0 Å². The maximum atomic E-state index is 13.0. The number of hydrogen-bond donors (Lipinski definition) is 2. The van der Waals surface area contributed by atoms with Crippen molar-refractivity contribution in [1.82, 2.24) is 9.78 Å². The van der Waals surface area contributed by atoms with E-state index >= 15 is 0 Å². The van der Waals surface area contributed by atoms with Crippen LogP contribution in [0.3, 0.4) is 0 Å². The highest BCUT2D eigenvalue weighted by atomic mass is 35.5. The van der Waals surface area contributed by atoms with Crippen LogP contribution in [0.15, 0.2) is 47.4 Å². The molecule has 0 spiro atoms. The van der Waals surface area contributed by atoms with Crippen LogP contribution in [0.1, 0.15) is 36.4 Å². The minimum atomic E-state index is -3.87. The number of carbonyl (C=O) groups excluding carboxylic acids is 1. The van der Waals surface area contributed by atoms with E-state index < -0.39 is 10.0 Å². The summed E-state index contributed by atoms with van der Waals surface area (Å²) in [6.07, 6.45) is 0.159. The van der Waals surface area contributed by atoms with Crippen molar-refractivity contribution in [3.05, 3.63) is 70.0 Å². The molecule has 3 rings (SSSR count). The Kier molecular flexibility index (Phi) is 7.49. The first-order chi connectivity index (χ1) is 15.5. The van der Waals surface area contributed by atoms with Crippen molar-refractivity contribution in [2.45, 2.75) is 52.5 Å². The van der Waals surface area contributed by atoms with Gasteiger partial charge in [-0.3, -0.25) is 14.2 Å². The van der Waals surface area contributed by atoms with Crippen LogP contribution in [-0.4, -0.2) is 24.1 Å². The SMILES string of the molecule is Cc1ccc(NC(=O)Cc2c(C)nn(CC(C)C)c2C)cc1S(=O)(=O)Nc1cccc(Cl)c1. The number of hydrogen-bond acceptors (Lipinski definition) is 4. The largest absolute Gasteiger partial charge is 0.326 e. The van der Waals surface area contributed by atoms with Gasteiger partial charge < -0.3 is 5.32 Å². The van der Waals surface area contributed by atoms with Crippen LogP contribution in [0.4, 0.5) is 11.4 Å². The van der Waals surface area contributed by atoms with Crippen LogP contribution in [0.25, 0.3) is 0 Å². The van der Waals surface area contributed by atoms with Gasteiger partial charge in [0.2, 0.25) is 5.91 Å². The monoisotopic (exact) mass is 488 g/mol. The fraction of sp³-hybridized carbons (Fsp3) is 0.333. The van der Waals surface area contributed by atoms with Crippen molar-refractivity contribution in [3.8, 4) is 0 Å². The second-order valence-electron chi connectivity index (χ2n) is 8.55. The molecule has 1 aromatic heterocycles. The Bertz CT molecular complexity index is 1280. The van der Waals surface area contributed by atoms with E-state index in [2.05, 4.69) is 29.0 Å². The first-order valence-corrected chi connectivity index (χ1v) is 12.5. The molecule has 0 aliphatic rings. The number of aromatic nitrogens is 2. The average molecular weight is 489 g/mol. The smallest absolute Gasteiger partial charge is 0.262 e. The number of sulfonamides is 1. The molecule has 9 heteroatoms. The number of nitrogens with one attached hydrogen (secondary N) is 2. The highest BCUT2D eigenvalue weighted by Crippen LogP contribution is 2.25. The van der Waals surface area contributed by atoms with Gasteiger partial charge in [0, 0.05) is 28.5 Å². The third kappa shape index (κ3) is 6.15. The lowest BCUT2D eigenvalue weighted by atomic mass is 10.1. The van der Waals surface area contributed by atoms with E-state index in [0.29, 0.717) is 27.9 Å². The van der Waals surface area contributed by atoms with Gasteiger partial charge in [-0.15, -0.1) is 0 Å². The molecule has 3 aromatic rings. The molecule has 0 fully saturated rings. The number of rotatable bonds is 8. The van der Waals surface area contributed by atoms with E-state index in [4.69, 9.17) is 11.6 Å². The van der Waals surface area contributed by atoms with Crippen molar-refractivity contribution in [2.75, 3.05) is 10.0 Å². The number of halogens is 1. The van der Waals surface area contributed by atoms with Gasteiger partial charge in [0.15, 0.2) is 0 Å². The predicted molar refractivity (Wildman–Crippen MR) is 132 cm³/mol. The van der Waals surface area contributed by atoms with Gasteiger partial charge in [-0.2, -0.15) is 5.10 Å². The molecular weight excluding hydrogens is 460 g/mol. The lowest BCUT2D eigenvalue weighted by Gasteiger charge is -2.13. The highest BCUT2D eigenvalue weighted by molar-refractivity contribution is 7.92. The molecule has 2 aromatic carbocycles. The summed E-state index contributed by atoms with van der Waals surface area (Å²) in [4.78, 5) is 12.8. The van der Waals surface area contributed by atoms with E-state index in [1.165, 1.54) is 12.1 Å². The van der Waals surface area contributed by atoms with Gasteiger partial charge >= 0.3 is 0 Å². The second kappa shape index (κ2) is 9.97.